The van der Waals surface area contributed by atoms with E-state index in [0.717, 1.165) is 17.7 Å². The zero-order valence-corrected chi connectivity index (χ0v) is 16.8. The Labute approximate surface area is 170 Å². The molecule has 0 bridgehead atoms. The number of nitrogen functional groups attached to an aromatic ring is 1. The molecule has 1 amide bonds. The quantitative estimate of drug-likeness (QED) is 0.840. The highest BCUT2D eigenvalue weighted by Gasteiger charge is 2.43. The number of carbonyl (C=O) groups excluding carboxylic acids is 1. The molecule has 1 spiro atoms. The summed E-state index contributed by atoms with van der Waals surface area (Å²) in [4.78, 5) is 23.3. The summed E-state index contributed by atoms with van der Waals surface area (Å²) >= 11 is 0. The van der Waals surface area contributed by atoms with Crippen molar-refractivity contribution in [3.63, 3.8) is 0 Å². The number of nitrogens with zero attached hydrogens (tertiary/aromatic N) is 3. The number of hydrogen-bond donors (Lipinski definition) is 1. The smallest absolute Gasteiger partial charge is 0.263 e. The van der Waals surface area contributed by atoms with E-state index in [-0.39, 0.29) is 11.9 Å². The number of methoxy groups -OCH3 is 1. The Hall–Kier alpha value is -2.87. The third kappa shape index (κ3) is 3.85. The molecular weight excluding hydrogens is 372 g/mol. The standard InChI is InChI=1S/C21H26N4O4/c1-14(29-17-5-3-4-16(12-17)27-2)19(26)25-9-7-21(8-10-25)18-15(6-11-28-21)13-23-20(22)24-18/h3-5,12-14H,6-11H2,1-2H3,(H2,22,23,24). The number of benzene rings is 1. The number of hydrogen-bond acceptors (Lipinski definition) is 7. The van der Waals surface area contributed by atoms with Gasteiger partial charge in [-0.1, -0.05) is 6.07 Å². The van der Waals surface area contributed by atoms with Gasteiger partial charge in [-0.3, -0.25) is 4.79 Å². The van der Waals surface area contributed by atoms with E-state index < -0.39 is 11.7 Å². The fourth-order valence-electron chi connectivity index (χ4n) is 4.08. The van der Waals surface area contributed by atoms with E-state index >= 15 is 0 Å². The molecule has 29 heavy (non-hydrogen) atoms. The van der Waals surface area contributed by atoms with Crippen LogP contribution >= 0.6 is 0 Å². The van der Waals surface area contributed by atoms with Crippen molar-refractivity contribution in [1.82, 2.24) is 14.9 Å². The number of nitrogens with two attached hydrogens (primary N) is 1. The zero-order valence-electron chi connectivity index (χ0n) is 16.8. The third-order valence-electron chi connectivity index (χ3n) is 5.65. The Bertz CT molecular complexity index is 896. The van der Waals surface area contributed by atoms with E-state index in [1.807, 2.05) is 23.1 Å². The predicted molar refractivity (Wildman–Crippen MR) is 107 cm³/mol. The lowest BCUT2D eigenvalue weighted by atomic mass is 9.83. The zero-order chi connectivity index (χ0) is 20.4. The third-order valence-corrected chi connectivity index (χ3v) is 5.65. The topological polar surface area (TPSA) is 99.8 Å². The lowest BCUT2D eigenvalue weighted by Crippen LogP contribution is -2.51. The number of fused-ring (bicyclic) bond motifs is 2. The predicted octanol–water partition coefficient (Wildman–Crippen LogP) is 1.93. The molecule has 1 aromatic heterocycles. The molecule has 1 atom stereocenters. The maximum Gasteiger partial charge on any atom is 0.263 e. The molecular formula is C21H26N4O4. The van der Waals surface area contributed by atoms with Crippen LogP contribution in [0.2, 0.25) is 0 Å². The summed E-state index contributed by atoms with van der Waals surface area (Å²) in [7, 11) is 1.60. The number of carbonyl (C=O) groups is 1. The Morgan fingerprint density at radius 2 is 2.07 bits per heavy atom. The SMILES string of the molecule is COc1cccc(OC(C)C(=O)N2CCC3(CC2)OCCc2cnc(N)nc23)c1. The molecule has 0 saturated carbocycles. The van der Waals surface area contributed by atoms with E-state index in [4.69, 9.17) is 19.9 Å². The summed E-state index contributed by atoms with van der Waals surface area (Å²) in [6.07, 6.45) is 3.34. The monoisotopic (exact) mass is 398 g/mol. The van der Waals surface area contributed by atoms with Gasteiger partial charge in [0.1, 0.15) is 17.1 Å². The maximum atomic E-state index is 12.9. The Morgan fingerprint density at radius 3 is 2.83 bits per heavy atom. The number of anilines is 1. The molecule has 0 radical (unpaired) electrons. The van der Waals surface area contributed by atoms with Crippen molar-refractivity contribution in [1.29, 1.82) is 0 Å². The lowest BCUT2D eigenvalue weighted by molar-refractivity contribution is -0.147. The van der Waals surface area contributed by atoms with E-state index in [0.29, 0.717) is 44.0 Å². The molecule has 3 heterocycles. The van der Waals surface area contributed by atoms with Crippen LogP contribution in [0, 0.1) is 0 Å². The van der Waals surface area contributed by atoms with Gasteiger partial charge >= 0.3 is 0 Å². The molecule has 4 rings (SSSR count). The summed E-state index contributed by atoms with van der Waals surface area (Å²) in [6.45, 7) is 3.55. The molecule has 2 aliphatic rings. The molecule has 154 valence electrons. The molecule has 0 aliphatic carbocycles. The number of piperidine rings is 1. The summed E-state index contributed by atoms with van der Waals surface area (Å²) in [6, 6.07) is 7.25. The van der Waals surface area contributed by atoms with Crippen LogP contribution in [-0.2, 0) is 21.6 Å². The number of amides is 1. The van der Waals surface area contributed by atoms with Crippen molar-refractivity contribution in [2.24, 2.45) is 0 Å². The summed E-state index contributed by atoms with van der Waals surface area (Å²) in [5.41, 5.74) is 7.29. The van der Waals surface area contributed by atoms with E-state index in [1.165, 1.54) is 0 Å². The van der Waals surface area contributed by atoms with Gasteiger partial charge in [0.15, 0.2) is 6.10 Å². The number of likely N-dealkylation sites (tertiary alicyclic amines) is 1. The fourth-order valence-corrected chi connectivity index (χ4v) is 4.08. The van der Waals surface area contributed by atoms with Crippen LogP contribution < -0.4 is 15.2 Å². The first-order valence-electron chi connectivity index (χ1n) is 9.86. The van der Waals surface area contributed by atoms with Gasteiger partial charge in [-0.25, -0.2) is 9.97 Å². The molecule has 2 aromatic rings. The second-order valence-corrected chi connectivity index (χ2v) is 7.46. The second-order valence-electron chi connectivity index (χ2n) is 7.46. The molecule has 1 saturated heterocycles. The highest BCUT2D eigenvalue weighted by Crippen LogP contribution is 2.40. The summed E-state index contributed by atoms with van der Waals surface area (Å²) in [5, 5.41) is 0. The van der Waals surface area contributed by atoms with E-state index in [9.17, 15) is 4.79 Å². The highest BCUT2D eigenvalue weighted by molar-refractivity contribution is 5.81. The van der Waals surface area contributed by atoms with Gasteiger partial charge in [0, 0.05) is 25.4 Å². The average molecular weight is 398 g/mol. The van der Waals surface area contributed by atoms with E-state index in [1.54, 1.807) is 26.3 Å². The van der Waals surface area contributed by atoms with Crippen molar-refractivity contribution in [2.75, 3.05) is 32.5 Å². The number of ether oxygens (including phenoxy) is 3. The largest absolute Gasteiger partial charge is 0.497 e. The van der Waals surface area contributed by atoms with Crippen LogP contribution in [0.15, 0.2) is 30.5 Å². The normalized spacial score (nSPS) is 18.8. The van der Waals surface area contributed by atoms with Crippen LogP contribution in [0.1, 0.15) is 31.0 Å². The highest BCUT2D eigenvalue weighted by atomic mass is 16.5. The number of aromatic nitrogens is 2. The second kappa shape index (κ2) is 7.87. The van der Waals surface area contributed by atoms with Gasteiger partial charge < -0.3 is 24.8 Å². The van der Waals surface area contributed by atoms with Gasteiger partial charge in [0.25, 0.3) is 5.91 Å². The van der Waals surface area contributed by atoms with Gasteiger partial charge in [0.05, 0.1) is 19.4 Å². The van der Waals surface area contributed by atoms with Gasteiger partial charge in [0.2, 0.25) is 5.95 Å². The van der Waals surface area contributed by atoms with Crippen molar-refractivity contribution in [3.8, 4) is 11.5 Å². The van der Waals surface area contributed by atoms with Crippen LogP contribution in [-0.4, -0.2) is 53.7 Å². The van der Waals surface area contributed by atoms with Gasteiger partial charge in [-0.2, -0.15) is 0 Å². The van der Waals surface area contributed by atoms with Crippen LogP contribution in [0.25, 0.3) is 0 Å². The Morgan fingerprint density at radius 1 is 1.31 bits per heavy atom. The first-order chi connectivity index (χ1) is 14.0. The molecule has 2 aliphatic heterocycles. The minimum Gasteiger partial charge on any atom is -0.497 e. The van der Waals surface area contributed by atoms with Crippen molar-refractivity contribution in [2.45, 2.75) is 37.9 Å². The maximum absolute atomic E-state index is 12.9. The van der Waals surface area contributed by atoms with Gasteiger partial charge in [-0.15, -0.1) is 0 Å². The fraction of sp³-hybridized carbons (Fsp3) is 0.476. The van der Waals surface area contributed by atoms with Crippen LogP contribution in [0.4, 0.5) is 5.95 Å². The summed E-state index contributed by atoms with van der Waals surface area (Å²) in [5.74, 6) is 1.51. The molecule has 1 unspecified atom stereocenters. The first-order valence-corrected chi connectivity index (χ1v) is 9.86. The Kier molecular flexibility index (Phi) is 5.27. The first kappa shape index (κ1) is 19.4. The molecule has 1 fully saturated rings. The number of rotatable bonds is 4. The summed E-state index contributed by atoms with van der Waals surface area (Å²) < 4.78 is 17.2. The van der Waals surface area contributed by atoms with Crippen molar-refractivity contribution < 1.29 is 19.0 Å². The molecule has 1 aromatic carbocycles. The van der Waals surface area contributed by atoms with Crippen LogP contribution in [0.3, 0.4) is 0 Å². The van der Waals surface area contributed by atoms with Crippen LogP contribution in [0.5, 0.6) is 11.5 Å². The van der Waals surface area contributed by atoms with E-state index in [2.05, 4.69) is 9.97 Å². The minimum absolute atomic E-state index is 0.0408. The molecule has 8 heteroatoms. The molecule has 2 N–H and O–H groups in total. The van der Waals surface area contributed by atoms with Crippen molar-refractivity contribution >= 4 is 11.9 Å². The van der Waals surface area contributed by atoms with Gasteiger partial charge in [-0.05, 0) is 43.9 Å². The minimum atomic E-state index is -0.589. The average Bonchev–Trinajstić information content (AvgIpc) is 2.74. The molecule has 8 nitrogen and oxygen atoms in total. The van der Waals surface area contributed by atoms with Crippen molar-refractivity contribution in [3.05, 3.63) is 41.7 Å². The Balaban J connectivity index is 1.42. The lowest BCUT2D eigenvalue weighted by Gasteiger charge is -2.44.